The number of anilines is 1. The van der Waals surface area contributed by atoms with Crippen molar-refractivity contribution >= 4 is 33.0 Å². The first kappa shape index (κ1) is 15.4. The van der Waals surface area contributed by atoms with Gasteiger partial charge in [0.1, 0.15) is 4.90 Å². The lowest BCUT2D eigenvalue weighted by molar-refractivity contribution is 0.1000. The van der Waals surface area contributed by atoms with Crippen LogP contribution in [0.2, 0.25) is 0 Å². The van der Waals surface area contributed by atoms with Gasteiger partial charge in [0.25, 0.3) is 0 Å². The van der Waals surface area contributed by atoms with Crippen LogP contribution in [0.25, 0.3) is 0 Å². The lowest BCUT2D eigenvalue weighted by atomic mass is 10.2. The van der Waals surface area contributed by atoms with Gasteiger partial charge in [-0.05, 0) is 18.2 Å². The molecule has 0 atom stereocenters. The molecule has 0 fully saturated rings. The van der Waals surface area contributed by atoms with Crippen molar-refractivity contribution in [2.24, 2.45) is 5.73 Å². The van der Waals surface area contributed by atoms with E-state index in [1.165, 1.54) is 29.5 Å². The molecule has 0 aliphatic carbocycles. The molecule has 1 heterocycles. The Morgan fingerprint density at radius 2 is 2.14 bits per heavy atom. The average Bonchev–Trinajstić information content (AvgIpc) is 2.91. The van der Waals surface area contributed by atoms with E-state index in [-0.39, 0.29) is 22.7 Å². The number of nitrogen functional groups attached to an aromatic ring is 1. The van der Waals surface area contributed by atoms with Gasteiger partial charge in [-0.25, -0.2) is 18.1 Å². The Morgan fingerprint density at radius 1 is 1.38 bits per heavy atom. The summed E-state index contributed by atoms with van der Waals surface area (Å²) in [5, 5.41) is 1.85. The van der Waals surface area contributed by atoms with Crippen LogP contribution in [0.15, 0.2) is 34.0 Å². The van der Waals surface area contributed by atoms with E-state index in [4.69, 9.17) is 11.5 Å². The number of benzene rings is 1. The van der Waals surface area contributed by atoms with Crippen molar-refractivity contribution in [3.63, 3.8) is 0 Å². The molecule has 0 saturated heterocycles. The molecule has 0 bridgehead atoms. The predicted octanol–water partition coefficient (Wildman–Crippen LogP) is 0.345. The van der Waals surface area contributed by atoms with Gasteiger partial charge in [-0.1, -0.05) is 0 Å². The van der Waals surface area contributed by atoms with Crippen LogP contribution < -0.4 is 16.2 Å². The normalized spacial score (nSPS) is 11.4. The van der Waals surface area contributed by atoms with Crippen LogP contribution in [0.4, 0.5) is 5.69 Å². The third-order valence-corrected chi connectivity index (χ3v) is 4.91. The Labute approximate surface area is 126 Å². The molecule has 0 aliphatic rings. The molecule has 21 heavy (non-hydrogen) atoms. The molecule has 2 aromatic rings. The van der Waals surface area contributed by atoms with Gasteiger partial charge >= 0.3 is 0 Å². The number of sulfonamides is 1. The molecule has 0 aliphatic heterocycles. The number of nitrogens with zero attached hydrogens (tertiary/aromatic N) is 1. The topological polar surface area (TPSA) is 128 Å². The molecule has 2 rings (SSSR count). The highest BCUT2D eigenvalue weighted by Gasteiger charge is 2.18. The van der Waals surface area contributed by atoms with E-state index in [1.54, 1.807) is 5.51 Å². The van der Waals surface area contributed by atoms with E-state index < -0.39 is 15.9 Å². The molecule has 1 aromatic carbocycles. The number of thiazole rings is 1. The lowest BCUT2D eigenvalue weighted by Gasteiger charge is -2.09. The largest absolute Gasteiger partial charge is 0.398 e. The average molecular weight is 326 g/mol. The summed E-state index contributed by atoms with van der Waals surface area (Å²) in [4.78, 5) is 15.0. The molecule has 0 spiro atoms. The SMILES string of the molecule is NC(=O)c1ccc(S(=O)(=O)NCCc2cscn2)c(N)c1. The number of carbonyl (C=O) groups is 1. The third kappa shape index (κ3) is 3.78. The van der Waals surface area contributed by atoms with Crippen LogP contribution in [-0.2, 0) is 16.4 Å². The van der Waals surface area contributed by atoms with Crippen molar-refractivity contribution in [1.82, 2.24) is 9.71 Å². The second-order valence-corrected chi connectivity index (χ2v) is 6.70. The standard InChI is InChI=1S/C12H14N4O3S2/c13-10-5-8(12(14)17)1-2-11(10)21(18,19)16-4-3-9-6-20-7-15-9/h1-2,5-7,16H,3-4,13H2,(H2,14,17). The van der Waals surface area contributed by atoms with Crippen LogP contribution >= 0.6 is 11.3 Å². The first-order valence-corrected chi connectivity index (χ1v) is 8.39. The number of carbonyl (C=O) groups excluding carboxylic acids is 1. The number of nitrogens with two attached hydrogens (primary N) is 2. The fourth-order valence-electron chi connectivity index (χ4n) is 1.70. The van der Waals surface area contributed by atoms with Gasteiger partial charge in [-0.3, -0.25) is 4.79 Å². The maximum absolute atomic E-state index is 12.1. The molecule has 112 valence electrons. The van der Waals surface area contributed by atoms with E-state index in [0.29, 0.717) is 6.42 Å². The maximum Gasteiger partial charge on any atom is 0.248 e. The Bertz CT molecular complexity index is 742. The van der Waals surface area contributed by atoms with Crippen molar-refractivity contribution in [1.29, 1.82) is 0 Å². The Hall–Kier alpha value is -1.97. The van der Waals surface area contributed by atoms with E-state index in [1.807, 2.05) is 5.38 Å². The van der Waals surface area contributed by atoms with E-state index in [0.717, 1.165) is 5.69 Å². The molecule has 1 amide bonds. The van der Waals surface area contributed by atoms with Crippen molar-refractivity contribution in [3.05, 3.63) is 40.3 Å². The zero-order chi connectivity index (χ0) is 15.5. The van der Waals surface area contributed by atoms with Crippen LogP contribution in [0.5, 0.6) is 0 Å². The Morgan fingerprint density at radius 3 is 2.71 bits per heavy atom. The summed E-state index contributed by atoms with van der Waals surface area (Å²) in [5.41, 5.74) is 13.4. The lowest BCUT2D eigenvalue weighted by Crippen LogP contribution is -2.27. The minimum atomic E-state index is -3.74. The summed E-state index contributed by atoms with van der Waals surface area (Å²) in [7, 11) is -3.74. The monoisotopic (exact) mass is 326 g/mol. The summed E-state index contributed by atoms with van der Waals surface area (Å²) >= 11 is 1.45. The number of aromatic nitrogens is 1. The maximum atomic E-state index is 12.1. The number of nitrogens with one attached hydrogen (secondary N) is 1. The van der Waals surface area contributed by atoms with Gasteiger partial charge in [0.05, 0.1) is 16.9 Å². The van der Waals surface area contributed by atoms with Crippen LogP contribution in [0, 0.1) is 0 Å². The number of amides is 1. The molecule has 1 aromatic heterocycles. The van der Waals surface area contributed by atoms with Gasteiger partial charge in [-0.15, -0.1) is 11.3 Å². The molecular formula is C12H14N4O3S2. The molecule has 0 saturated carbocycles. The highest BCUT2D eigenvalue weighted by molar-refractivity contribution is 7.89. The second kappa shape index (κ2) is 6.20. The number of rotatable bonds is 6. The second-order valence-electron chi connectivity index (χ2n) is 4.24. The zero-order valence-corrected chi connectivity index (χ0v) is 12.6. The van der Waals surface area contributed by atoms with Gasteiger partial charge < -0.3 is 11.5 Å². The minimum absolute atomic E-state index is 0.0209. The van der Waals surface area contributed by atoms with Crippen LogP contribution in [-0.4, -0.2) is 25.9 Å². The molecule has 0 unspecified atom stereocenters. The van der Waals surface area contributed by atoms with E-state index in [2.05, 4.69) is 9.71 Å². The minimum Gasteiger partial charge on any atom is -0.398 e. The first-order valence-electron chi connectivity index (χ1n) is 5.96. The first-order chi connectivity index (χ1) is 9.90. The molecule has 0 radical (unpaired) electrons. The van der Waals surface area contributed by atoms with Gasteiger partial charge in [-0.2, -0.15) is 0 Å². The van der Waals surface area contributed by atoms with Crippen molar-refractivity contribution < 1.29 is 13.2 Å². The molecule has 5 N–H and O–H groups in total. The highest BCUT2D eigenvalue weighted by Crippen LogP contribution is 2.19. The van der Waals surface area contributed by atoms with Crippen molar-refractivity contribution in [3.8, 4) is 0 Å². The predicted molar refractivity (Wildman–Crippen MR) is 80.4 cm³/mol. The van der Waals surface area contributed by atoms with E-state index >= 15 is 0 Å². The highest BCUT2D eigenvalue weighted by atomic mass is 32.2. The number of primary amides is 1. The van der Waals surface area contributed by atoms with Gasteiger partial charge in [0.15, 0.2) is 0 Å². The molecule has 7 nitrogen and oxygen atoms in total. The van der Waals surface area contributed by atoms with E-state index in [9.17, 15) is 13.2 Å². The van der Waals surface area contributed by atoms with Crippen LogP contribution in [0.1, 0.15) is 16.1 Å². The fraction of sp³-hybridized carbons (Fsp3) is 0.167. The van der Waals surface area contributed by atoms with Gasteiger partial charge in [0.2, 0.25) is 15.9 Å². The smallest absolute Gasteiger partial charge is 0.248 e. The third-order valence-electron chi connectivity index (χ3n) is 2.74. The molecular weight excluding hydrogens is 312 g/mol. The fourth-order valence-corrected chi connectivity index (χ4v) is 3.43. The quantitative estimate of drug-likeness (QED) is 0.660. The summed E-state index contributed by atoms with van der Waals surface area (Å²) < 4.78 is 26.7. The van der Waals surface area contributed by atoms with Crippen molar-refractivity contribution in [2.75, 3.05) is 12.3 Å². The Balaban J connectivity index is 2.10. The van der Waals surface area contributed by atoms with Crippen LogP contribution in [0.3, 0.4) is 0 Å². The summed E-state index contributed by atoms with van der Waals surface area (Å²) in [5.74, 6) is -0.665. The van der Waals surface area contributed by atoms with Crippen molar-refractivity contribution in [2.45, 2.75) is 11.3 Å². The molecule has 9 heteroatoms. The van der Waals surface area contributed by atoms with Gasteiger partial charge in [0, 0.05) is 23.9 Å². The Kier molecular flexibility index (Phi) is 4.56. The zero-order valence-electron chi connectivity index (χ0n) is 10.9. The number of hydrogen-bond donors (Lipinski definition) is 3. The number of hydrogen-bond acceptors (Lipinski definition) is 6. The summed E-state index contributed by atoms with van der Waals surface area (Å²) in [6, 6.07) is 3.84. The summed E-state index contributed by atoms with van der Waals surface area (Å²) in [6.45, 7) is 0.211. The summed E-state index contributed by atoms with van der Waals surface area (Å²) in [6.07, 6.45) is 0.488.